The topological polar surface area (TPSA) is 75.0 Å². The molecule has 0 spiro atoms. The number of anilines is 1. The fourth-order valence-electron chi connectivity index (χ4n) is 3.00. The summed E-state index contributed by atoms with van der Waals surface area (Å²) in [5, 5.41) is 6.79. The van der Waals surface area contributed by atoms with E-state index in [-0.39, 0.29) is 5.92 Å². The van der Waals surface area contributed by atoms with E-state index < -0.39 is 17.5 Å². The minimum Gasteiger partial charge on any atom is -0.392 e. The minimum atomic E-state index is -4.38. The average Bonchev–Trinajstić information content (AvgIpc) is 3.19. The molecule has 25 heavy (non-hydrogen) atoms. The van der Waals surface area contributed by atoms with E-state index in [1.54, 1.807) is 0 Å². The standard InChI is InChI=1S/C15H13F3N4O2S/c16-15(17,18)9-3-4-11-10(6-9)19-13(25-11)22-5-1-2-8(7-22)12-20-21-14(23)24-12/h3-4,6,8H,1-2,5,7H2,(H,21,23)/t8-/m1/s1. The monoisotopic (exact) mass is 370 g/mol. The average molecular weight is 370 g/mol. The second-order valence-electron chi connectivity index (χ2n) is 5.91. The Balaban J connectivity index is 1.61. The molecule has 1 N–H and O–H groups in total. The van der Waals surface area contributed by atoms with E-state index in [1.807, 2.05) is 4.90 Å². The summed E-state index contributed by atoms with van der Waals surface area (Å²) in [5.41, 5.74) is -0.366. The molecule has 0 unspecified atom stereocenters. The van der Waals surface area contributed by atoms with Gasteiger partial charge in [-0.3, -0.25) is 0 Å². The Labute approximate surface area is 143 Å². The van der Waals surface area contributed by atoms with Crippen LogP contribution in [0.1, 0.15) is 30.2 Å². The quantitative estimate of drug-likeness (QED) is 0.749. The fourth-order valence-corrected chi connectivity index (χ4v) is 3.98. The van der Waals surface area contributed by atoms with Crippen LogP contribution in [0.5, 0.6) is 0 Å². The van der Waals surface area contributed by atoms with Gasteiger partial charge >= 0.3 is 11.9 Å². The molecule has 0 amide bonds. The highest BCUT2D eigenvalue weighted by molar-refractivity contribution is 7.22. The van der Waals surface area contributed by atoms with Gasteiger partial charge in [0.05, 0.1) is 21.7 Å². The van der Waals surface area contributed by atoms with Crippen molar-refractivity contribution in [2.45, 2.75) is 24.9 Å². The van der Waals surface area contributed by atoms with Crippen LogP contribution >= 0.6 is 11.3 Å². The molecule has 1 aliphatic rings. The molecular weight excluding hydrogens is 357 g/mol. The van der Waals surface area contributed by atoms with Crippen molar-refractivity contribution in [1.82, 2.24) is 15.2 Å². The molecule has 3 aromatic rings. The molecule has 132 valence electrons. The summed E-state index contributed by atoms with van der Waals surface area (Å²) >= 11 is 1.35. The normalized spacial score (nSPS) is 18.8. The third-order valence-electron chi connectivity index (χ3n) is 4.20. The zero-order valence-electron chi connectivity index (χ0n) is 12.8. The Morgan fingerprint density at radius 3 is 2.92 bits per heavy atom. The van der Waals surface area contributed by atoms with Crippen LogP contribution in [-0.2, 0) is 6.18 Å². The van der Waals surface area contributed by atoms with E-state index in [0.717, 1.165) is 31.5 Å². The molecule has 0 saturated carbocycles. The molecule has 0 aliphatic carbocycles. The summed E-state index contributed by atoms with van der Waals surface area (Å²) < 4.78 is 44.2. The maximum absolute atomic E-state index is 12.8. The van der Waals surface area contributed by atoms with Crippen LogP contribution < -0.4 is 10.7 Å². The molecule has 1 aromatic carbocycles. The Kier molecular flexibility index (Phi) is 3.78. The predicted octanol–water partition coefficient (Wildman–Crippen LogP) is 3.38. The van der Waals surface area contributed by atoms with Gasteiger partial charge in [-0.2, -0.15) is 13.2 Å². The number of rotatable bonds is 2. The molecule has 1 atom stereocenters. The molecule has 4 rings (SSSR count). The maximum Gasteiger partial charge on any atom is 0.434 e. The number of thiazole rings is 1. The third-order valence-corrected chi connectivity index (χ3v) is 5.30. The summed E-state index contributed by atoms with van der Waals surface area (Å²) in [7, 11) is 0. The first-order valence-electron chi connectivity index (χ1n) is 7.68. The first-order chi connectivity index (χ1) is 11.9. The van der Waals surface area contributed by atoms with Gasteiger partial charge in [0.1, 0.15) is 0 Å². The van der Waals surface area contributed by atoms with Gasteiger partial charge in [-0.15, -0.1) is 5.10 Å². The summed E-state index contributed by atoms with van der Waals surface area (Å²) in [5.74, 6) is -0.285. The first kappa shape index (κ1) is 16.1. The van der Waals surface area contributed by atoms with E-state index in [4.69, 9.17) is 4.42 Å². The third kappa shape index (κ3) is 3.13. The number of nitrogens with one attached hydrogen (secondary N) is 1. The molecule has 10 heteroatoms. The number of fused-ring (bicyclic) bond motifs is 1. The van der Waals surface area contributed by atoms with Gasteiger partial charge in [0, 0.05) is 13.1 Å². The van der Waals surface area contributed by atoms with Crippen molar-refractivity contribution >= 4 is 26.7 Å². The van der Waals surface area contributed by atoms with Crippen LogP contribution in [0.4, 0.5) is 18.3 Å². The lowest BCUT2D eigenvalue weighted by molar-refractivity contribution is -0.137. The van der Waals surface area contributed by atoms with Crippen molar-refractivity contribution in [3.05, 3.63) is 40.2 Å². The molecule has 1 fully saturated rings. The SMILES string of the molecule is O=c1[nH]nc([C@@H]2CCCN(c3nc4cc(C(F)(F)F)ccc4s3)C2)o1. The van der Waals surface area contributed by atoms with Gasteiger partial charge in [0.2, 0.25) is 5.89 Å². The highest BCUT2D eigenvalue weighted by Gasteiger charge is 2.31. The van der Waals surface area contributed by atoms with Gasteiger partial charge < -0.3 is 9.32 Å². The second-order valence-corrected chi connectivity index (χ2v) is 6.92. The van der Waals surface area contributed by atoms with Gasteiger partial charge in [-0.25, -0.2) is 14.9 Å². The zero-order valence-corrected chi connectivity index (χ0v) is 13.7. The molecule has 1 saturated heterocycles. The van der Waals surface area contributed by atoms with E-state index in [0.29, 0.717) is 27.8 Å². The molecule has 6 nitrogen and oxygen atoms in total. The summed E-state index contributed by atoms with van der Waals surface area (Å²) in [6.07, 6.45) is -2.70. The highest BCUT2D eigenvalue weighted by atomic mass is 32.1. The van der Waals surface area contributed by atoms with Crippen LogP contribution in [0.25, 0.3) is 10.2 Å². The predicted molar refractivity (Wildman–Crippen MR) is 85.9 cm³/mol. The highest BCUT2D eigenvalue weighted by Crippen LogP contribution is 2.36. The number of hydrogen-bond donors (Lipinski definition) is 1. The van der Waals surface area contributed by atoms with Gasteiger partial charge in [0.25, 0.3) is 0 Å². The molecule has 3 heterocycles. The number of nitrogens with zero attached hydrogens (tertiary/aromatic N) is 3. The number of piperidine rings is 1. The minimum absolute atomic E-state index is 0.0505. The number of aromatic nitrogens is 3. The van der Waals surface area contributed by atoms with Crippen molar-refractivity contribution in [1.29, 1.82) is 0 Å². The molecule has 0 bridgehead atoms. The van der Waals surface area contributed by atoms with Crippen LogP contribution in [-0.4, -0.2) is 28.3 Å². The largest absolute Gasteiger partial charge is 0.434 e. The number of halogens is 3. The van der Waals surface area contributed by atoms with Gasteiger partial charge in [-0.1, -0.05) is 11.3 Å². The summed E-state index contributed by atoms with van der Waals surface area (Å²) in [6, 6.07) is 3.60. The molecule has 1 aliphatic heterocycles. The van der Waals surface area contributed by atoms with E-state index in [9.17, 15) is 18.0 Å². The fraction of sp³-hybridized carbons (Fsp3) is 0.400. The summed E-state index contributed by atoms with van der Waals surface area (Å²) in [4.78, 5) is 17.5. The van der Waals surface area contributed by atoms with E-state index in [1.165, 1.54) is 17.4 Å². The van der Waals surface area contributed by atoms with Gasteiger partial charge in [-0.05, 0) is 31.0 Å². The van der Waals surface area contributed by atoms with Crippen LogP contribution in [0.2, 0.25) is 0 Å². The lowest BCUT2D eigenvalue weighted by Crippen LogP contribution is -2.34. The van der Waals surface area contributed by atoms with Crippen LogP contribution in [0.3, 0.4) is 0 Å². The van der Waals surface area contributed by atoms with Crippen LogP contribution in [0, 0.1) is 0 Å². The zero-order chi connectivity index (χ0) is 17.6. The molecule has 2 aromatic heterocycles. The Morgan fingerprint density at radius 1 is 1.36 bits per heavy atom. The lowest BCUT2D eigenvalue weighted by atomic mass is 9.98. The van der Waals surface area contributed by atoms with Gasteiger partial charge in [0.15, 0.2) is 5.13 Å². The van der Waals surface area contributed by atoms with Crippen LogP contribution in [0.15, 0.2) is 27.4 Å². The first-order valence-corrected chi connectivity index (χ1v) is 8.50. The number of aromatic amines is 1. The molecule has 0 radical (unpaired) electrons. The second kappa shape index (κ2) is 5.87. The van der Waals surface area contributed by atoms with Crippen molar-refractivity contribution in [3.8, 4) is 0 Å². The Morgan fingerprint density at radius 2 is 2.20 bits per heavy atom. The Bertz CT molecular complexity index is 961. The number of benzene rings is 1. The Hall–Kier alpha value is -2.36. The lowest BCUT2D eigenvalue weighted by Gasteiger charge is -2.30. The van der Waals surface area contributed by atoms with Crippen molar-refractivity contribution in [2.24, 2.45) is 0 Å². The number of H-pyrrole nitrogens is 1. The number of hydrogen-bond acceptors (Lipinski definition) is 6. The smallest absolute Gasteiger partial charge is 0.392 e. The van der Waals surface area contributed by atoms with Crippen molar-refractivity contribution in [2.75, 3.05) is 18.0 Å². The number of alkyl halides is 3. The molecular formula is C15H13F3N4O2S. The van der Waals surface area contributed by atoms with Crippen molar-refractivity contribution in [3.63, 3.8) is 0 Å². The maximum atomic E-state index is 12.8. The van der Waals surface area contributed by atoms with E-state index in [2.05, 4.69) is 15.2 Å². The van der Waals surface area contributed by atoms with E-state index >= 15 is 0 Å². The summed E-state index contributed by atoms with van der Waals surface area (Å²) in [6.45, 7) is 1.30. The van der Waals surface area contributed by atoms with Crippen molar-refractivity contribution < 1.29 is 17.6 Å².